The Morgan fingerprint density at radius 3 is 1.94 bits per heavy atom. The highest BCUT2D eigenvalue weighted by atomic mass is 16.5. The minimum absolute atomic E-state index is 0.148. The van der Waals surface area contributed by atoms with Crippen molar-refractivity contribution in [2.75, 3.05) is 21.3 Å². The highest BCUT2D eigenvalue weighted by Crippen LogP contribution is 2.40. The summed E-state index contributed by atoms with van der Waals surface area (Å²) in [5.41, 5.74) is 0.347. The van der Waals surface area contributed by atoms with E-state index < -0.39 is 0 Å². The van der Waals surface area contributed by atoms with Gasteiger partial charge < -0.3 is 14.2 Å². The summed E-state index contributed by atoms with van der Waals surface area (Å²) in [5.74, 6) is 0.823. The highest BCUT2D eigenvalue weighted by molar-refractivity contribution is 5.95. The number of carbonyl (C=O) groups excluding carboxylic acids is 2. The summed E-state index contributed by atoms with van der Waals surface area (Å²) in [5, 5.41) is 0. The van der Waals surface area contributed by atoms with Gasteiger partial charge in [-0.1, -0.05) is 0 Å². The minimum Gasteiger partial charge on any atom is -0.493 e. The first kappa shape index (κ1) is 12.0. The van der Waals surface area contributed by atoms with Crippen molar-refractivity contribution >= 4 is 12.6 Å². The van der Waals surface area contributed by atoms with Crippen LogP contribution in [-0.2, 0) is 0 Å². The Morgan fingerprint density at radius 2 is 1.56 bits per heavy atom. The summed E-state index contributed by atoms with van der Waals surface area (Å²) in [4.78, 5) is 21.7. The van der Waals surface area contributed by atoms with Gasteiger partial charge in [0, 0.05) is 5.56 Å². The van der Waals surface area contributed by atoms with Crippen LogP contribution in [-0.4, -0.2) is 33.9 Å². The smallest absolute Gasteiger partial charge is 0.204 e. The molecule has 0 aliphatic carbocycles. The van der Waals surface area contributed by atoms with Crippen LogP contribution in [0, 0.1) is 0 Å². The monoisotopic (exact) mass is 224 g/mol. The molecule has 0 amide bonds. The molecule has 0 aliphatic rings. The van der Waals surface area contributed by atoms with Crippen molar-refractivity contribution < 1.29 is 23.8 Å². The second-order valence-corrected chi connectivity index (χ2v) is 2.88. The van der Waals surface area contributed by atoms with Crippen molar-refractivity contribution in [1.82, 2.24) is 0 Å². The normalized spacial score (nSPS) is 9.44. The Labute approximate surface area is 92.9 Å². The molecule has 86 valence electrons. The molecule has 5 nitrogen and oxygen atoms in total. The predicted molar refractivity (Wildman–Crippen MR) is 56.9 cm³/mol. The molecule has 1 rings (SSSR count). The van der Waals surface area contributed by atoms with Crippen LogP contribution in [0.2, 0.25) is 0 Å². The van der Waals surface area contributed by atoms with Crippen molar-refractivity contribution in [3.8, 4) is 17.2 Å². The number of hydrogen-bond acceptors (Lipinski definition) is 5. The van der Waals surface area contributed by atoms with Gasteiger partial charge in [0.25, 0.3) is 0 Å². The lowest BCUT2D eigenvalue weighted by molar-refractivity contribution is 0.109. The zero-order chi connectivity index (χ0) is 12.1. The molecule has 0 saturated heterocycles. The molecular weight excluding hydrogens is 212 g/mol. The van der Waals surface area contributed by atoms with E-state index in [2.05, 4.69) is 0 Å². The minimum atomic E-state index is 0.148. The number of rotatable bonds is 5. The first-order valence-electron chi connectivity index (χ1n) is 4.46. The lowest BCUT2D eigenvalue weighted by Crippen LogP contribution is -2.02. The number of ether oxygens (including phenoxy) is 3. The fraction of sp³-hybridized carbons (Fsp3) is 0.273. The Balaban J connectivity index is 3.60. The second-order valence-electron chi connectivity index (χ2n) is 2.88. The largest absolute Gasteiger partial charge is 0.493 e. The number of hydrogen-bond donors (Lipinski definition) is 0. The average Bonchev–Trinajstić information content (AvgIpc) is 2.35. The van der Waals surface area contributed by atoms with Crippen LogP contribution in [0.3, 0.4) is 0 Å². The van der Waals surface area contributed by atoms with E-state index in [1.54, 1.807) is 0 Å². The summed E-state index contributed by atoms with van der Waals surface area (Å²) >= 11 is 0. The van der Waals surface area contributed by atoms with Gasteiger partial charge in [0.15, 0.2) is 24.1 Å². The van der Waals surface area contributed by atoms with Crippen LogP contribution in [0.5, 0.6) is 17.2 Å². The number of carbonyl (C=O) groups is 2. The van der Waals surface area contributed by atoms with E-state index in [1.807, 2.05) is 0 Å². The lowest BCUT2D eigenvalue weighted by Gasteiger charge is -2.14. The van der Waals surface area contributed by atoms with Gasteiger partial charge in [-0.25, -0.2) is 0 Å². The molecule has 0 unspecified atom stereocenters. The second kappa shape index (κ2) is 5.16. The third-order valence-corrected chi connectivity index (χ3v) is 2.15. The van der Waals surface area contributed by atoms with Crippen molar-refractivity contribution in [3.63, 3.8) is 0 Å². The predicted octanol–water partition coefficient (Wildman–Crippen LogP) is 1.34. The molecule has 0 aromatic heterocycles. The van der Waals surface area contributed by atoms with Gasteiger partial charge in [-0.05, 0) is 6.07 Å². The molecule has 0 radical (unpaired) electrons. The van der Waals surface area contributed by atoms with E-state index in [0.717, 1.165) is 0 Å². The van der Waals surface area contributed by atoms with E-state index in [9.17, 15) is 9.59 Å². The quantitative estimate of drug-likeness (QED) is 0.706. The average molecular weight is 224 g/mol. The Kier molecular flexibility index (Phi) is 3.88. The molecule has 0 N–H and O–H groups in total. The summed E-state index contributed by atoms with van der Waals surface area (Å²) in [6.45, 7) is 0. The molecule has 0 aliphatic heterocycles. The maximum atomic E-state index is 10.9. The van der Waals surface area contributed by atoms with Crippen LogP contribution in [0.1, 0.15) is 20.7 Å². The molecule has 5 heteroatoms. The van der Waals surface area contributed by atoms with Crippen LogP contribution < -0.4 is 14.2 Å². The van der Waals surface area contributed by atoms with Gasteiger partial charge in [-0.3, -0.25) is 9.59 Å². The molecule has 1 aromatic rings. The van der Waals surface area contributed by atoms with Gasteiger partial charge >= 0.3 is 0 Å². The third-order valence-electron chi connectivity index (χ3n) is 2.15. The number of benzene rings is 1. The summed E-state index contributed by atoms with van der Waals surface area (Å²) in [7, 11) is 4.25. The molecule has 0 spiro atoms. The number of methoxy groups -OCH3 is 3. The Bertz CT molecular complexity index is 411. The topological polar surface area (TPSA) is 61.8 Å². The first-order valence-corrected chi connectivity index (χ1v) is 4.46. The molecule has 0 atom stereocenters. The van der Waals surface area contributed by atoms with Crippen LogP contribution in [0.15, 0.2) is 6.07 Å². The first-order chi connectivity index (χ1) is 7.73. The van der Waals surface area contributed by atoms with E-state index in [0.29, 0.717) is 18.3 Å². The zero-order valence-corrected chi connectivity index (χ0v) is 9.27. The van der Waals surface area contributed by atoms with E-state index in [1.165, 1.54) is 27.4 Å². The SMILES string of the molecule is COc1cc(C=O)c(C=O)c(OC)c1OC. The molecule has 1 aromatic carbocycles. The molecule has 0 saturated carbocycles. The van der Waals surface area contributed by atoms with Crippen LogP contribution in [0.25, 0.3) is 0 Å². The van der Waals surface area contributed by atoms with E-state index >= 15 is 0 Å². The van der Waals surface area contributed by atoms with Gasteiger partial charge in [0.1, 0.15) is 0 Å². The van der Waals surface area contributed by atoms with Crippen molar-refractivity contribution in [3.05, 3.63) is 17.2 Å². The maximum Gasteiger partial charge on any atom is 0.204 e. The molecule has 0 bridgehead atoms. The molecule has 16 heavy (non-hydrogen) atoms. The van der Waals surface area contributed by atoms with Gasteiger partial charge in [-0.15, -0.1) is 0 Å². The van der Waals surface area contributed by atoms with Gasteiger partial charge in [-0.2, -0.15) is 0 Å². The fourth-order valence-corrected chi connectivity index (χ4v) is 1.42. The van der Waals surface area contributed by atoms with E-state index in [4.69, 9.17) is 14.2 Å². The Hall–Kier alpha value is -2.04. The third kappa shape index (κ3) is 1.84. The van der Waals surface area contributed by atoms with Gasteiger partial charge in [0.05, 0.1) is 26.9 Å². The van der Waals surface area contributed by atoms with Crippen LogP contribution >= 0.6 is 0 Å². The van der Waals surface area contributed by atoms with Crippen molar-refractivity contribution in [2.24, 2.45) is 0 Å². The lowest BCUT2D eigenvalue weighted by atomic mass is 10.1. The van der Waals surface area contributed by atoms with Crippen LogP contribution in [0.4, 0.5) is 0 Å². The summed E-state index contributed by atoms with van der Waals surface area (Å²) in [6.07, 6.45) is 1.11. The zero-order valence-electron chi connectivity index (χ0n) is 9.27. The van der Waals surface area contributed by atoms with Crippen molar-refractivity contribution in [2.45, 2.75) is 0 Å². The van der Waals surface area contributed by atoms with Gasteiger partial charge in [0.2, 0.25) is 5.75 Å². The maximum absolute atomic E-state index is 10.9. The standard InChI is InChI=1S/C11H12O5/c1-14-9-4-7(5-12)8(6-13)10(15-2)11(9)16-3/h4-6H,1-3H3. The Morgan fingerprint density at radius 1 is 0.938 bits per heavy atom. The van der Waals surface area contributed by atoms with E-state index in [-0.39, 0.29) is 22.6 Å². The summed E-state index contributed by atoms with van der Waals surface area (Å²) < 4.78 is 15.2. The van der Waals surface area contributed by atoms with Crippen molar-refractivity contribution in [1.29, 1.82) is 0 Å². The fourth-order valence-electron chi connectivity index (χ4n) is 1.42. The molecular formula is C11H12O5. The molecule has 0 heterocycles. The summed E-state index contributed by atoms with van der Waals surface area (Å²) in [6, 6.07) is 1.43. The highest BCUT2D eigenvalue weighted by Gasteiger charge is 2.19. The molecule has 0 fully saturated rings. The number of aldehydes is 2.